The van der Waals surface area contributed by atoms with Crippen LogP contribution in [-0.2, 0) is 9.59 Å². The summed E-state index contributed by atoms with van der Waals surface area (Å²) in [6.45, 7) is 0. The number of hydrogen-bond donors (Lipinski definition) is 1. The van der Waals surface area contributed by atoms with Gasteiger partial charge in [0.2, 0.25) is 5.13 Å². The summed E-state index contributed by atoms with van der Waals surface area (Å²) in [5.41, 5.74) is 1.56. The van der Waals surface area contributed by atoms with Gasteiger partial charge in [0.1, 0.15) is 17.2 Å². The van der Waals surface area contributed by atoms with Gasteiger partial charge in [0.25, 0.3) is 5.78 Å². The summed E-state index contributed by atoms with van der Waals surface area (Å²) in [5, 5.41) is 20.4. The minimum Gasteiger partial charge on any atom is -0.505 e. The molecule has 1 atom stereocenters. The molecule has 1 fully saturated rings. The third-order valence-electron chi connectivity index (χ3n) is 3.62. The van der Waals surface area contributed by atoms with Crippen LogP contribution >= 0.6 is 22.7 Å². The van der Waals surface area contributed by atoms with E-state index in [2.05, 4.69) is 20.2 Å². The first-order chi connectivity index (χ1) is 12.2. The van der Waals surface area contributed by atoms with E-state index in [4.69, 9.17) is 0 Å². The number of Topliss-reactive ketones (excluding diaryl/α,β-unsaturated/α-hetero) is 1. The average molecular weight is 371 g/mol. The Morgan fingerprint density at radius 1 is 1.24 bits per heavy atom. The average Bonchev–Trinajstić information content (AvgIpc) is 3.37. The fourth-order valence-corrected chi connectivity index (χ4v) is 3.99. The van der Waals surface area contributed by atoms with Gasteiger partial charge in [-0.2, -0.15) is 0 Å². The highest BCUT2D eigenvalue weighted by Crippen LogP contribution is 2.43. The van der Waals surface area contributed by atoms with Crippen LogP contribution in [0.1, 0.15) is 16.6 Å². The highest BCUT2D eigenvalue weighted by molar-refractivity contribution is 7.13. The van der Waals surface area contributed by atoms with Gasteiger partial charge in [-0.15, -0.1) is 21.5 Å². The first kappa shape index (κ1) is 15.5. The number of carbonyl (C=O) groups is 2. The molecule has 25 heavy (non-hydrogen) atoms. The van der Waals surface area contributed by atoms with Crippen molar-refractivity contribution in [2.45, 2.75) is 6.04 Å². The molecule has 3 aromatic rings. The van der Waals surface area contributed by atoms with E-state index in [9.17, 15) is 14.7 Å². The Kier molecular flexibility index (Phi) is 3.82. The number of nitrogens with zero attached hydrogens (tertiary/aromatic N) is 5. The van der Waals surface area contributed by atoms with Crippen molar-refractivity contribution in [3.63, 3.8) is 0 Å². The maximum Gasteiger partial charge on any atom is 0.301 e. The van der Waals surface area contributed by atoms with Gasteiger partial charge in [-0.05, 0) is 11.4 Å². The summed E-state index contributed by atoms with van der Waals surface area (Å²) in [6, 6.07) is 2.82. The summed E-state index contributed by atoms with van der Waals surface area (Å²) in [6.07, 6.45) is 4.18. The number of hydrogen-bond acceptors (Lipinski definition) is 9. The molecule has 0 aliphatic carbocycles. The standard InChI is InChI=1S/C15H9N5O3S2/c21-12(8-6-16-3-4-17-8)10-11(9-2-1-5-24-9)20(14(23)13(10)22)15-19-18-7-25-15/h1-7,11,21H/b12-10+. The minimum absolute atomic E-state index is 0.0387. The van der Waals surface area contributed by atoms with Crippen LogP contribution in [0.3, 0.4) is 0 Å². The molecule has 1 saturated heterocycles. The van der Waals surface area contributed by atoms with E-state index in [0.29, 0.717) is 5.13 Å². The lowest BCUT2D eigenvalue weighted by Crippen LogP contribution is -2.29. The lowest BCUT2D eigenvalue weighted by molar-refractivity contribution is -0.132. The van der Waals surface area contributed by atoms with Gasteiger partial charge in [0.15, 0.2) is 5.76 Å². The van der Waals surface area contributed by atoms with Crippen LogP contribution in [0.2, 0.25) is 0 Å². The molecule has 124 valence electrons. The molecular weight excluding hydrogens is 362 g/mol. The zero-order valence-electron chi connectivity index (χ0n) is 12.4. The van der Waals surface area contributed by atoms with Crippen LogP contribution < -0.4 is 4.90 Å². The second-order valence-corrected chi connectivity index (χ2v) is 6.79. The van der Waals surface area contributed by atoms with Crippen molar-refractivity contribution in [3.8, 4) is 0 Å². The number of aliphatic hydroxyl groups is 1. The molecule has 1 aliphatic heterocycles. The lowest BCUT2D eigenvalue weighted by Gasteiger charge is -2.20. The molecule has 8 nitrogen and oxygen atoms in total. The molecule has 0 spiro atoms. The third-order valence-corrected chi connectivity index (χ3v) is 5.23. The predicted octanol–water partition coefficient (Wildman–Crippen LogP) is 2.02. The van der Waals surface area contributed by atoms with E-state index in [1.165, 1.54) is 40.3 Å². The quantitative estimate of drug-likeness (QED) is 0.426. The largest absolute Gasteiger partial charge is 0.505 e. The molecular formula is C15H9N5O3S2. The number of anilines is 1. The van der Waals surface area contributed by atoms with Gasteiger partial charge in [-0.25, -0.2) is 4.98 Å². The topological polar surface area (TPSA) is 109 Å². The van der Waals surface area contributed by atoms with Gasteiger partial charge in [-0.3, -0.25) is 19.5 Å². The second-order valence-electron chi connectivity index (χ2n) is 5.00. The maximum absolute atomic E-state index is 12.6. The summed E-state index contributed by atoms with van der Waals surface area (Å²) in [5.74, 6) is -1.92. The number of carbonyl (C=O) groups excluding carboxylic acids is 2. The number of thiophene rings is 1. The zero-order chi connectivity index (χ0) is 17.4. The van der Waals surface area contributed by atoms with Crippen molar-refractivity contribution in [1.82, 2.24) is 20.2 Å². The van der Waals surface area contributed by atoms with Crippen molar-refractivity contribution >= 4 is 45.3 Å². The number of rotatable bonds is 3. The highest BCUT2D eigenvalue weighted by Gasteiger charge is 2.48. The van der Waals surface area contributed by atoms with E-state index in [-0.39, 0.29) is 17.0 Å². The van der Waals surface area contributed by atoms with Crippen LogP contribution in [0, 0.1) is 0 Å². The summed E-state index contributed by atoms with van der Waals surface area (Å²) >= 11 is 2.51. The van der Waals surface area contributed by atoms with Gasteiger partial charge >= 0.3 is 5.91 Å². The van der Waals surface area contributed by atoms with Crippen LogP contribution in [0.4, 0.5) is 5.13 Å². The number of aliphatic hydroxyl groups excluding tert-OH is 1. The summed E-state index contributed by atoms with van der Waals surface area (Å²) in [7, 11) is 0. The highest BCUT2D eigenvalue weighted by atomic mass is 32.1. The Morgan fingerprint density at radius 2 is 2.12 bits per heavy atom. The summed E-state index contributed by atoms with van der Waals surface area (Å²) < 4.78 is 0. The van der Waals surface area contributed by atoms with Gasteiger partial charge in [0, 0.05) is 17.3 Å². The molecule has 1 amide bonds. The molecule has 0 saturated carbocycles. The molecule has 1 aliphatic rings. The molecule has 0 bridgehead atoms. The van der Waals surface area contributed by atoms with Crippen molar-refractivity contribution in [3.05, 3.63) is 57.8 Å². The number of ketones is 1. The van der Waals surface area contributed by atoms with E-state index >= 15 is 0 Å². The molecule has 3 aromatic heterocycles. The molecule has 1 unspecified atom stereocenters. The number of aromatic nitrogens is 4. The second kappa shape index (κ2) is 6.15. The molecule has 0 radical (unpaired) electrons. The van der Waals surface area contributed by atoms with Gasteiger partial charge in [0.05, 0.1) is 11.8 Å². The van der Waals surface area contributed by atoms with Crippen molar-refractivity contribution in [2.24, 2.45) is 0 Å². The SMILES string of the molecule is O=C1C(=O)N(c2nncs2)C(c2cccs2)/C1=C(\O)c1cnccn1. The third kappa shape index (κ3) is 2.51. The van der Waals surface area contributed by atoms with Crippen LogP contribution in [0.15, 0.2) is 47.2 Å². The molecule has 0 aromatic carbocycles. The zero-order valence-corrected chi connectivity index (χ0v) is 14.1. The molecule has 10 heteroatoms. The Labute approximate surface area is 149 Å². The van der Waals surface area contributed by atoms with Gasteiger partial charge < -0.3 is 5.11 Å². The van der Waals surface area contributed by atoms with E-state index < -0.39 is 17.7 Å². The maximum atomic E-state index is 12.6. The lowest BCUT2D eigenvalue weighted by atomic mass is 10.0. The molecule has 4 heterocycles. The van der Waals surface area contributed by atoms with Gasteiger partial charge in [-0.1, -0.05) is 17.4 Å². The van der Waals surface area contributed by atoms with E-state index in [1.54, 1.807) is 6.07 Å². The Morgan fingerprint density at radius 3 is 2.76 bits per heavy atom. The molecule has 1 N–H and O–H groups in total. The van der Waals surface area contributed by atoms with Crippen molar-refractivity contribution in [1.29, 1.82) is 0 Å². The molecule has 4 rings (SSSR count). The Balaban J connectivity index is 1.93. The van der Waals surface area contributed by atoms with Crippen LogP contribution in [-0.4, -0.2) is 37.0 Å². The van der Waals surface area contributed by atoms with Crippen LogP contribution in [0.5, 0.6) is 0 Å². The first-order valence-electron chi connectivity index (χ1n) is 7.05. The minimum atomic E-state index is -0.795. The monoisotopic (exact) mass is 371 g/mol. The van der Waals surface area contributed by atoms with E-state index in [0.717, 1.165) is 16.2 Å². The van der Waals surface area contributed by atoms with Crippen LogP contribution in [0.25, 0.3) is 5.76 Å². The van der Waals surface area contributed by atoms with Crippen molar-refractivity contribution in [2.75, 3.05) is 4.90 Å². The normalized spacial score (nSPS) is 19.5. The Bertz CT molecular complexity index is 954. The predicted molar refractivity (Wildman–Crippen MR) is 91.0 cm³/mol. The van der Waals surface area contributed by atoms with E-state index in [1.807, 2.05) is 11.4 Å². The fourth-order valence-electron chi connectivity index (χ4n) is 2.58. The van der Waals surface area contributed by atoms with Crippen molar-refractivity contribution < 1.29 is 14.7 Å². The number of amides is 1. The first-order valence-corrected chi connectivity index (χ1v) is 8.81. The fraction of sp³-hybridized carbons (Fsp3) is 0.0667. The smallest absolute Gasteiger partial charge is 0.301 e. The summed E-state index contributed by atoms with van der Waals surface area (Å²) in [4.78, 5) is 35.1. The Hall–Kier alpha value is -2.98.